The van der Waals surface area contributed by atoms with Gasteiger partial charge in [0.05, 0.1) is 54.3 Å². The van der Waals surface area contributed by atoms with E-state index in [0.717, 1.165) is 0 Å². The number of aliphatic hydroxyl groups is 1. The number of pyridine rings is 2. The molecule has 2 aromatic carbocycles. The van der Waals surface area contributed by atoms with E-state index in [9.17, 15) is 24.3 Å². The van der Waals surface area contributed by atoms with Crippen molar-refractivity contribution in [2.24, 2.45) is 0 Å². The number of hydrogen-bond acceptors (Lipinski definition) is 10. The number of amides is 3. The van der Waals surface area contributed by atoms with Gasteiger partial charge in [-0.05, 0) is 91.6 Å². The molecule has 14 nitrogen and oxygen atoms in total. The van der Waals surface area contributed by atoms with Gasteiger partial charge in [0.15, 0.2) is 0 Å². The molecule has 0 bridgehead atoms. The first-order valence-corrected chi connectivity index (χ1v) is 21.4. The number of aromatic nitrogens is 3. The Morgan fingerprint density at radius 3 is 2.06 bits per heavy atom. The average Bonchev–Trinajstić information content (AvgIpc) is 3.62. The van der Waals surface area contributed by atoms with Crippen LogP contribution in [0.15, 0.2) is 71.7 Å². The summed E-state index contributed by atoms with van der Waals surface area (Å²) < 4.78 is 18.5. The topological polar surface area (TPSA) is 165 Å². The quantitative estimate of drug-likeness (QED) is 0.124. The SMILES string of the molecule is COc1nc(-c2cccc(-c3cccc(-c4ccn5c(=O)c(C)c(CN(C[C@H](C)O)C(=O)OC(C)(C)C)nc5c4)c3Cl)c2Cl)ccc1CN(C[C@@H]1CCC(=O)N1)C(=O)OC(C)(C)C. The Morgan fingerprint density at radius 1 is 0.873 bits per heavy atom. The smallest absolute Gasteiger partial charge is 0.410 e. The van der Waals surface area contributed by atoms with E-state index in [0.29, 0.717) is 84.7 Å². The van der Waals surface area contributed by atoms with Crippen LogP contribution in [-0.4, -0.2) is 90.9 Å². The first-order valence-electron chi connectivity index (χ1n) is 20.7. The van der Waals surface area contributed by atoms with Crippen molar-refractivity contribution in [1.29, 1.82) is 0 Å². The second-order valence-electron chi connectivity index (χ2n) is 17.7. The van der Waals surface area contributed by atoms with Gasteiger partial charge < -0.3 is 29.5 Å². The summed E-state index contributed by atoms with van der Waals surface area (Å²) >= 11 is 14.4. The highest BCUT2D eigenvalue weighted by Gasteiger charge is 2.30. The molecule has 3 amide bonds. The molecule has 1 aliphatic heterocycles. The normalized spacial score (nSPS) is 14.6. The van der Waals surface area contributed by atoms with Crippen LogP contribution in [0.4, 0.5) is 9.59 Å². The predicted molar refractivity (Wildman–Crippen MR) is 243 cm³/mol. The number of ether oxygens (including phenoxy) is 3. The minimum absolute atomic E-state index is 0.0195. The fourth-order valence-electron chi connectivity index (χ4n) is 7.26. The molecule has 0 spiro atoms. The van der Waals surface area contributed by atoms with Crippen molar-refractivity contribution >= 4 is 46.9 Å². The largest absolute Gasteiger partial charge is 0.481 e. The first-order chi connectivity index (χ1) is 29.6. The Kier molecular flexibility index (Phi) is 14.1. The molecule has 3 aromatic heterocycles. The molecule has 0 saturated carbocycles. The van der Waals surface area contributed by atoms with Crippen LogP contribution in [0.3, 0.4) is 0 Å². The van der Waals surface area contributed by atoms with Gasteiger partial charge in [-0.25, -0.2) is 19.6 Å². The number of fused-ring (bicyclic) bond motifs is 1. The van der Waals surface area contributed by atoms with Crippen LogP contribution >= 0.6 is 23.2 Å². The van der Waals surface area contributed by atoms with Gasteiger partial charge in [-0.1, -0.05) is 59.6 Å². The molecule has 6 rings (SSSR count). The van der Waals surface area contributed by atoms with Crippen molar-refractivity contribution in [2.75, 3.05) is 20.2 Å². The zero-order valence-electron chi connectivity index (χ0n) is 37.0. The molecule has 1 aliphatic rings. The summed E-state index contributed by atoms with van der Waals surface area (Å²) in [6.07, 6.45) is 0.649. The number of hydrogen-bond donors (Lipinski definition) is 2. The average molecular weight is 902 g/mol. The van der Waals surface area contributed by atoms with Crippen LogP contribution in [0.2, 0.25) is 10.0 Å². The number of carbonyl (C=O) groups is 3. The molecule has 0 unspecified atom stereocenters. The molecule has 0 aliphatic carbocycles. The van der Waals surface area contributed by atoms with Gasteiger partial charge in [-0.3, -0.25) is 18.9 Å². The van der Waals surface area contributed by atoms with Crippen molar-refractivity contribution in [3.05, 3.63) is 104 Å². The second kappa shape index (κ2) is 19.0. The lowest BCUT2D eigenvalue weighted by molar-refractivity contribution is -0.119. The van der Waals surface area contributed by atoms with Crippen LogP contribution in [-0.2, 0) is 27.4 Å². The van der Waals surface area contributed by atoms with Crippen molar-refractivity contribution in [2.45, 2.75) is 105 Å². The Balaban J connectivity index is 1.31. The van der Waals surface area contributed by atoms with Crippen molar-refractivity contribution in [3.63, 3.8) is 0 Å². The summed E-state index contributed by atoms with van der Waals surface area (Å²) in [5, 5.41) is 13.9. The molecule has 1 saturated heterocycles. The van der Waals surface area contributed by atoms with Gasteiger partial charge in [-0.2, -0.15) is 0 Å². The van der Waals surface area contributed by atoms with E-state index in [2.05, 4.69) is 5.32 Å². The molecular weight excluding hydrogens is 847 g/mol. The monoisotopic (exact) mass is 900 g/mol. The number of rotatable bonds is 12. The number of carbonyl (C=O) groups excluding carboxylic acids is 3. The van der Waals surface area contributed by atoms with E-state index in [-0.39, 0.29) is 43.7 Å². The molecule has 1 fully saturated rings. The van der Waals surface area contributed by atoms with Crippen LogP contribution < -0.4 is 15.6 Å². The zero-order chi connectivity index (χ0) is 46.0. The van der Waals surface area contributed by atoms with Gasteiger partial charge in [0.2, 0.25) is 11.8 Å². The lowest BCUT2D eigenvalue weighted by Gasteiger charge is -2.29. The Labute approximate surface area is 377 Å². The number of methoxy groups -OCH3 is 1. The van der Waals surface area contributed by atoms with Gasteiger partial charge in [0.25, 0.3) is 5.56 Å². The maximum Gasteiger partial charge on any atom is 0.410 e. The lowest BCUT2D eigenvalue weighted by Crippen LogP contribution is -2.43. The molecule has 5 aromatic rings. The summed E-state index contributed by atoms with van der Waals surface area (Å²) in [6, 6.07) is 18.1. The highest BCUT2D eigenvalue weighted by Crippen LogP contribution is 2.42. The lowest BCUT2D eigenvalue weighted by atomic mass is 9.97. The molecule has 2 atom stereocenters. The van der Waals surface area contributed by atoms with E-state index in [1.807, 2.05) is 48.5 Å². The molecular formula is C47H54Cl2N6O8. The maximum absolute atomic E-state index is 13.6. The number of aliphatic hydroxyl groups excluding tert-OH is 1. The van der Waals surface area contributed by atoms with Crippen molar-refractivity contribution < 1.29 is 33.7 Å². The number of nitrogens with zero attached hydrogens (tertiary/aromatic N) is 5. The third kappa shape index (κ3) is 11.3. The molecule has 4 heterocycles. The van der Waals surface area contributed by atoms with Gasteiger partial charge in [-0.15, -0.1) is 0 Å². The summed E-state index contributed by atoms with van der Waals surface area (Å²) in [5.41, 5.74) is 3.68. The number of halogens is 2. The highest BCUT2D eigenvalue weighted by molar-refractivity contribution is 6.39. The van der Waals surface area contributed by atoms with Crippen molar-refractivity contribution in [3.8, 4) is 39.4 Å². The summed E-state index contributed by atoms with van der Waals surface area (Å²) in [6.45, 7) is 14.2. The van der Waals surface area contributed by atoms with Gasteiger partial charge >= 0.3 is 12.2 Å². The summed E-state index contributed by atoms with van der Waals surface area (Å²) in [5.74, 6) is 0.241. The molecule has 0 radical (unpaired) electrons. The number of benzene rings is 2. The minimum atomic E-state index is -0.845. The van der Waals surface area contributed by atoms with Crippen molar-refractivity contribution in [1.82, 2.24) is 29.5 Å². The van der Waals surface area contributed by atoms with E-state index in [4.69, 9.17) is 47.4 Å². The van der Waals surface area contributed by atoms with Crippen LogP contribution in [0.1, 0.15) is 78.1 Å². The Bertz CT molecular complexity index is 2600. The summed E-state index contributed by atoms with van der Waals surface area (Å²) in [4.78, 5) is 64.5. The minimum Gasteiger partial charge on any atom is -0.481 e. The third-order valence-electron chi connectivity index (χ3n) is 10.2. The Hall–Kier alpha value is -5.70. The van der Waals surface area contributed by atoms with Gasteiger partial charge in [0.1, 0.15) is 16.8 Å². The standard InChI is InChI=1S/C47H54Cl2N6O8/c1-27(56)23-53(44(59)62-46(3,4)5)26-37-28(2)43(58)55-21-20-29(22-38(55)51-37)32-12-10-13-33(40(32)48)34-14-11-15-35(41(34)49)36-18-16-30(42(52-36)61-9)24-54(45(60)63-47(6,7)8)25-31-17-19-39(57)50-31/h10-16,18,20-22,27,31,56H,17,19,23-26H2,1-9H3,(H,50,57)/t27-,31-/m0/s1. The number of nitrogens with one attached hydrogen (secondary N) is 1. The fraction of sp³-hybridized carbons (Fsp3) is 0.404. The summed E-state index contributed by atoms with van der Waals surface area (Å²) in [7, 11) is 1.50. The molecule has 334 valence electrons. The fourth-order valence-corrected chi connectivity index (χ4v) is 7.92. The highest BCUT2D eigenvalue weighted by atomic mass is 35.5. The first kappa shape index (κ1) is 46.8. The van der Waals surface area contributed by atoms with E-state index < -0.39 is 29.5 Å². The Morgan fingerprint density at radius 2 is 1.48 bits per heavy atom. The van der Waals surface area contributed by atoms with Crippen LogP contribution in [0, 0.1) is 6.92 Å². The van der Waals surface area contributed by atoms with Gasteiger partial charge in [0, 0.05) is 58.6 Å². The van der Waals surface area contributed by atoms with E-state index >= 15 is 0 Å². The predicted octanol–water partition coefficient (Wildman–Crippen LogP) is 8.85. The van der Waals surface area contributed by atoms with Crippen LogP contribution in [0.25, 0.3) is 39.2 Å². The molecule has 16 heteroatoms. The molecule has 63 heavy (non-hydrogen) atoms. The van der Waals surface area contributed by atoms with E-state index in [1.165, 1.54) is 16.4 Å². The maximum atomic E-state index is 13.6. The zero-order valence-corrected chi connectivity index (χ0v) is 38.6. The second-order valence-corrected chi connectivity index (χ2v) is 18.5. The molecule has 2 N–H and O–H groups in total. The third-order valence-corrected chi connectivity index (χ3v) is 11.0. The van der Waals surface area contributed by atoms with Crippen LogP contribution in [0.5, 0.6) is 5.88 Å². The van der Waals surface area contributed by atoms with E-state index in [1.54, 1.807) is 78.6 Å².